The number of aromatic nitrogens is 1. The fourth-order valence-electron chi connectivity index (χ4n) is 4.49. The van der Waals surface area contributed by atoms with Gasteiger partial charge in [0.1, 0.15) is 6.17 Å². The molecule has 1 aromatic heterocycles. The molecule has 0 unspecified atom stereocenters. The van der Waals surface area contributed by atoms with Crippen LogP contribution < -0.4 is 5.32 Å². The van der Waals surface area contributed by atoms with Crippen molar-refractivity contribution in [3.8, 4) is 11.3 Å². The van der Waals surface area contributed by atoms with Gasteiger partial charge in [0.15, 0.2) is 0 Å². The van der Waals surface area contributed by atoms with Crippen molar-refractivity contribution in [3.63, 3.8) is 0 Å². The van der Waals surface area contributed by atoms with E-state index in [0.717, 1.165) is 51.8 Å². The summed E-state index contributed by atoms with van der Waals surface area (Å²) >= 11 is 0. The summed E-state index contributed by atoms with van der Waals surface area (Å²) < 4.78 is 0. The van der Waals surface area contributed by atoms with Crippen molar-refractivity contribution in [3.05, 3.63) is 90.0 Å². The average molecular weight is 379 g/mol. The highest BCUT2D eigenvalue weighted by Crippen LogP contribution is 2.45. The van der Waals surface area contributed by atoms with Gasteiger partial charge in [0.2, 0.25) is 0 Å². The molecule has 1 saturated carbocycles. The summed E-state index contributed by atoms with van der Waals surface area (Å²) in [5, 5.41) is 4.84. The van der Waals surface area contributed by atoms with E-state index >= 15 is 0 Å². The first kappa shape index (κ1) is 16.4. The van der Waals surface area contributed by atoms with Crippen LogP contribution in [0.3, 0.4) is 0 Å². The number of amides is 1. The number of hydrogen-bond acceptors (Lipinski definition) is 2. The van der Waals surface area contributed by atoms with Crippen LogP contribution in [0.15, 0.2) is 78.9 Å². The third kappa shape index (κ3) is 2.56. The van der Waals surface area contributed by atoms with Gasteiger partial charge in [0, 0.05) is 28.2 Å². The van der Waals surface area contributed by atoms with Crippen LogP contribution in [-0.2, 0) is 0 Å². The Morgan fingerprint density at radius 1 is 0.828 bits per heavy atom. The molecule has 1 atom stereocenters. The molecule has 3 aromatic carbocycles. The highest BCUT2D eigenvalue weighted by molar-refractivity contribution is 6.03. The molecule has 29 heavy (non-hydrogen) atoms. The van der Waals surface area contributed by atoms with Gasteiger partial charge in [-0.1, -0.05) is 60.7 Å². The molecule has 1 aliphatic heterocycles. The molecule has 1 fully saturated rings. The van der Waals surface area contributed by atoms with E-state index in [4.69, 9.17) is 0 Å². The lowest BCUT2D eigenvalue weighted by atomic mass is 9.98. The summed E-state index contributed by atoms with van der Waals surface area (Å²) in [6, 6.07) is 26.9. The van der Waals surface area contributed by atoms with Gasteiger partial charge in [-0.3, -0.25) is 4.79 Å². The Balaban J connectivity index is 1.60. The Hall–Kier alpha value is -3.53. The molecule has 4 heteroatoms. The SMILES string of the molecule is O=C1c2ccccc2N[C@@H](c2c(-c3ccccc3)[nH]c3ccccc23)N1C1CC1. The number of carbonyl (C=O) groups excluding carboxylic acids is 1. The smallest absolute Gasteiger partial charge is 0.258 e. The second-order valence-corrected chi connectivity index (χ2v) is 7.86. The Morgan fingerprint density at radius 2 is 1.55 bits per heavy atom. The maximum Gasteiger partial charge on any atom is 0.258 e. The molecule has 142 valence electrons. The molecule has 1 amide bonds. The summed E-state index contributed by atoms with van der Waals surface area (Å²) in [6.07, 6.45) is 1.93. The summed E-state index contributed by atoms with van der Waals surface area (Å²) in [4.78, 5) is 19.1. The monoisotopic (exact) mass is 379 g/mol. The van der Waals surface area contributed by atoms with E-state index in [0.29, 0.717) is 6.04 Å². The Morgan fingerprint density at radius 3 is 2.38 bits per heavy atom. The molecule has 2 N–H and O–H groups in total. The van der Waals surface area contributed by atoms with Gasteiger partial charge >= 0.3 is 0 Å². The maximum absolute atomic E-state index is 13.5. The van der Waals surface area contributed by atoms with E-state index in [9.17, 15) is 4.79 Å². The number of nitrogens with zero attached hydrogens (tertiary/aromatic N) is 1. The second-order valence-electron chi connectivity index (χ2n) is 7.86. The van der Waals surface area contributed by atoms with Crippen molar-refractivity contribution in [2.45, 2.75) is 25.0 Å². The third-order valence-electron chi connectivity index (χ3n) is 5.98. The number of anilines is 1. The predicted molar refractivity (Wildman–Crippen MR) is 116 cm³/mol. The fourth-order valence-corrected chi connectivity index (χ4v) is 4.49. The first-order valence-corrected chi connectivity index (χ1v) is 10.2. The number of aromatic amines is 1. The molecule has 4 nitrogen and oxygen atoms in total. The number of nitrogens with one attached hydrogen (secondary N) is 2. The number of fused-ring (bicyclic) bond motifs is 2. The van der Waals surface area contributed by atoms with Gasteiger partial charge in [-0.05, 0) is 36.6 Å². The predicted octanol–water partition coefficient (Wildman–Crippen LogP) is 5.56. The van der Waals surface area contributed by atoms with Crippen LogP contribution >= 0.6 is 0 Å². The minimum atomic E-state index is -0.198. The van der Waals surface area contributed by atoms with Gasteiger partial charge in [-0.25, -0.2) is 0 Å². The molecular formula is C25H21N3O. The number of carbonyl (C=O) groups is 1. The zero-order valence-corrected chi connectivity index (χ0v) is 15.9. The van der Waals surface area contributed by atoms with Gasteiger partial charge in [0.05, 0.1) is 11.3 Å². The van der Waals surface area contributed by atoms with Crippen molar-refractivity contribution >= 4 is 22.5 Å². The van der Waals surface area contributed by atoms with Crippen molar-refractivity contribution in [2.24, 2.45) is 0 Å². The third-order valence-corrected chi connectivity index (χ3v) is 5.98. The Labute approximate surface area is 169 Å². The number of rotatable bonds is 3. The first-order chi connectivity index (χ1) is 14.3. The standard InChI is InChI=1S/C25H21N3O/c29-25-19-11-5-7-13-21(19)27-24(28(25)17-14-15-17)22-18-10-4-6-12-20(18)26-23(22)16-8-2-1-3-9-16/h1-13,17,24,26-27H,14-15H2/t24-/m1/s1. The van der Waals surface area contributed by atoms with Crippen LogP contribution in [0.4, 0.5) is 5.69 Å². The quantitative estimate of drug-likeness (QED) is 0.489. The van der Waals surface area contributed by atoms with Gasteiger partial charge in [0.25, 0.3) is 5.91 Å². The largest absolute Gasteiger partial charge is 0.361 e. The number of hydrogen-bond donors (Lipinski definition) is 2. The summed E-state index contributed by atoms with van der Waals surface area (Å²) in [5.41, 5.74) is 6.09. The van der Waals surface area contributed by atoms with Crippen LogP contribution in [0.5, 0.6) is 0 Å². The molecular weight excluding hydrogens is 358 g/mol. The molecule has 0 bridgehead atoms. The topological polar surface area (TPSA) is 48.1 Å². The number of H-pyrrole nitrogens is 1. The van der Waals surface area contributed by atoms with E-state index in [1.165, 1.54) is 0 Å². The molecule has 0 radical (unpaired) electrons. The lowest BCUT2D eigenvalue weighted by Crippen LogP contribution is -2.44. The Kier molecular flexibility index (Phi) is 3.54. The molecule has 6 rings (SSSR count). The van der Waals surface area contributed by atoms with Crippen LogP contribution in [0, 0.1) is 0 Å². The minimum absolute atomic E-state index is 0.121. The molecule has 1 aliphatic carbocycles. The zero-order valence-electron chi connectivity index (χ0n) is 15.9. The van der Waals surface area contributed by atoms with Crippen molar-refractivity contribution in [1.29, 1.82) is 0 Å². The summed E-state index contributed by atoms with van der Waals surface area (Å²) in [7, 11) is 0. The second kappa shape index (κ2) is 6.24. The fraction of sp³-hybridized carbons (Fsp3) is 0.160. The lowest BCUT2D eigenvalue weighted by molar-refractivity contribution is 0.0668. The molecule has 2 aliphatic rings. The van der Waals surface area contributed by atoms with Gasteiger partial charge < -0.3 is 15.2 Å². The van der Waals surface area contributed by atoms with Gasteiger partial charge in [-0.15, -0.1) is 0 Å². The number of benzene rings is 3. The van der Waals surface area contributed by atoms with E-state index < -0.39 is 0 Å². The minimum Gasteiger partial charge on any atom is -0.361 e. The Bertz CT molecular complexity index is 1220. The van der Waals surface area contributed by atoms with E-state index in [2.05, 4.69) is 57.7 Å². The zero-order chi connectivity index (χ0) is 19.4. The van der Waals surface area contributed by atoms with E-state index in [-0.39, 0.29) is 12.1 Å². The molecule has 0 spiro atoms. The lowest BCUT2D eigenvalue weighted by Gasteiger charge is -2.38. The molecule has 4 aromatic rings. The molecule has 0 saturated heterocycles. The summed E-state index contributed by atoms with van der Waals surface area (Å²) in [6.45, 7) is 0. The van der Waals surface area contributed by atoms with Crippen molar-refractivity contribution in [1.82, 2.24) is 9.88 Å². The maximum atomic E-state index is 13.5. The van der Waals surface area contributed by atoms with Crippen LogP contribution in [0.2, 0.25) is 0 Å². The van der Waals surface area contributed by atoms with E-state index in [1.807, 2.05) is 36.4 Å². The number of para-hydroxylation sites is 2. The van der Waals surface area contributed by atoms with E-state index in [1.54, 1.807) is 0 Å². The average Bonchev–Trinajstić information content (AvgIpc) is 3.53. The highest BCUT2D eigenvalue weighted by atomic mass is 16.2. The summed E-state index contributed by atoms with van der Waals surface area (Å²) in [5.74, 6) is 0.121. The molecule has 2 heterocycles. The van der Waals surface area contributed by atoms with Crippen LogP contribution in [-0.4, -0.2) is 21.8 Å². The van der Waals surface area contributed by atoms with Crippen molar-refractivity contribution < 1.29 is 4.79 Å². The van der Waals surface area contributed by atoms with Crippen LogP contribution in [0.25, 0.3) is 22.2 Å². The van der Waals surface area contributed by atoms with Gasteiger partial charge in [-0.2, -0.15) is 0 Å². The van der Waals surface area contributed by atoms with Crippen LogP contribution in [0.1, 0.15) is 34.9 Å². The first-order valence-electron chi connectivity index (χ1n) is 10.2. The highest BCUT2D eigenvalue weighted by Gasteiger charge is 2.43. The normalized spacial score (nSPS) is 18.6. The van der Waals surface area contributed by atoms with Crippen molar-refractivity contribution in [2.75, 3.05) is 5.32 Å².